The maximum Gasteiger partial charge on any atom is 0.274 e. The van der Waals surface area contributed by atoms with Crippen LogP contribution in [0.25, 0.3) is 17.1 Å². The van der Waals surface area contributed by atoms with E-state index < -0.39 is 0 Å². The summed E-state index contributed by atoms with van der Waals surface area (Å²) in [5.41, 5.74) is 1.91. The van der Waals surface area contributed by atoms with E-state index in [2.05, 4.69) is 5.10 Å². The van der Waals surface area contributed by atoms with Crippen LogP contribution in [0.1, 0.15) is 23.3 Å². The molecule has 30 heavy (non-hydrogen) atoms. The van der Waals surface area contributed by atoms with E-state index in [1.54, 1.807) is 29.1 Å². The van der Waals surface area contributed by atoms with Gasteiger partial charge >= 0.3 is 0 Å². The van der Waals surface area contributed by atoms with Crippen LogP contribution in [0.15, 0.2) is 53.1 Å². The van der Waals surface area contributed by atoms with Crippen LogP contribution in [-0.2, 0) is 9.47 Å². The van der Waals surface area contributed by atoms with Crippen LogP contribution in [0, 0.1) is 5.92 Å². The molecule has 0 unspecified atom stereocenters. The van der Waals surface area contributed by atoms with Crippen molar-refractivity contribution in [3.63, 3.8) is 0 Å². The van der Waals surface area contributed by atoms with Crippen molar-refractivity contribution in [1.82, 2.24) is 14.7 Å². The molecule has 8 heteroatoms. The lowest BCUT2D eigenvalue weighted by Gasteiger charge is -2.33. The number of amides is 1. The molecule has 156 valence electrons. The molecule has 2 fully saturated rings. The van der Waals surface area contributed by atoms with Crippen LogP contribution in [0.3, 0.4) is 0 Å². The van der Waals surface area contributed by atoms with Crippen LogP contribution >= 0.6 is 11.6 Å². The van der Waals surface area contributed by atoms with Crippen LogP contribution in [-0.4, -0.2) is 53.2 Å². The summed E-state index contributed by atoms with van der Waals surface area (Å²) in [5.74, 6) is 0.898. The number of carbonyl (C=O) groups is 1. The molecule has 0 radical (unpaired) electrons. The number of halogens is 1. The van der Waals surface area contributed by atoms with Crippen LogP contribution in [0.4, 0.5) is 0 Å². The molecule has 3 aromatic rings. The zero-order chi connectivity index (χ0) is 20.5. The third kappa shape index (κ3) is 3.76. The summed E-state index contributed by atoms with van der Waals surface area (Å²) in [6.07, 6.45) is 3.20. The Kier molecular flexibility index (Phi) is 5.33. The first-order valence-electron chi connectivity index (χ1n) is 10.1. The lowest BCUT2D eigenvalue weighted by atomic mass is 9.96. The normalized spacial score (nSPS) is 18.2. The Morgan fingerprint density at radius 1 is 1.07 bits per heavy atom. The number of rotatable bonds is 4. The summed E-state index contributed by atoms with van der Waals surface area (Å²) in [5, 5.41) is 5.25. The highest BCUT2D eigenvalue weighted by atomic mass is 35.5. The fraction of sp³-hybridized carbons (Fsp3) is 0.364. The summed E-state index contributed by atoms with van der Waals surface area (Å²) in [6, 6.07) is 12.8. The number of nitrogens with zero attached hydrogens (tertiary/aromatic N) is 3. The third-order valence-corrected chi connectivity index (χ3v) is 5.88. The fourth-order valence-electron chi connectivity index (χ4n) is 4.05. The van der Waals surface area contributed by atoms with Crippen molar-refractivity contribution in [3.05, 3.63) is 59.4 Å². The number of hydrogen-bond acceptors (Lipinski definition) is 5. The van der Waals surface area contributed by atoms with Crippen molar-refractivity contribution in [1.29, 1.82) is 0 Å². The van der Waals surface area contributed by atoms with Crippen LogP contribution < -0.4 is 0 Å². The van der Waals surface area contributed by atoms with Crippen LogP contribution in [0.5, 0.6) is 0 Å². The zero-order valence-electron chi connectivity index (χ0n) is 16.4. The molecule has 7 nitrogen and oxygen atoms in total. The van der Waals surface area contributed by atoms with Crippen molar-refractivity contribution in [2.24, 2.45) is 5.92 Å². The van der Waals surface area contributed by atoms with Crippen molar-refractivity contribution < 1.29 is 18.7 Å². The first-order chi connectivity index (χ1) is 14.7. The highest BCUT2D eigenvalue weighted by molar-refractivity contribution is 6.30. The maximum absolute atomic E-state index is 13.2. The molecular weight excluding hydrogens is 406 g/mol. The minimum atomic E-state index is -0.128. The first kappa shape index (κ1) is 19.4. The number of furan rings is 1. The zero-order valence-corrected chi connectivity index (χ0v) is 17.1. The number of benzene rings is 1. The molecule has 0 bridgehead atoms. The largest absolute Gasteiger partial charge is 0.463 e. The quantitative estimate of drug-likeness (QED) is 0.629. The van der Waals surface area contributed by atoms with Gasteiger partial charge < -0.3 is 18.8 Å². The second-order valence-corrected chi connectivity index (χ2v) is 7.96. The molecule has 0 N–H and O–H groups in total. The molecule has 1 amide bonds. The molecule has 2 aliphatic rings. The smallest absolute Gasteiger partial charge is 0.274 e. The predicted octanol–water partition coefficient (Wildman–Crippen LogP) is 4.01. The Bertz CT molecular complexity index is 1000. The van der Waals surface area contributed by atoms with E-state index in [1.165, 1.54) is 0 Å². The second-order valence-electron chi connectivity index (χ2n) is 7.52. The molecule has 0 aliphatic carbocycles. The van der Waals surface area contributed by atoms with Gasteiger partial charge in [0.1, 0.15) is 5.69 Å². The Morgan fingerprint density at radius 3 is 2.47 bits per heavy atom. The summed E-state index contributed by atoms with van der Waals surface area (Å²) < 4.78 is 18.6. The molecule has 0 spiro atoms. The van der Waals surface area contributed by atoms with Gasteiger partial charge in [-0.05, 0) is 49.2 Å². The van der Waals surface area contributed by atoms with Gasteiger partial charge in [-0.3, -0.25) is 4.79 Å². The maximum atomic E-state index is 13.2. The molecule has 2 aromatic heterocycles. The second kappa shape index (κ2) is 8.26. The van der Waals surface area contributed by atoms with Crippen molar-refractivity contribution >= 4 is 17.5 Å². The summed E-state index contributed by atoms with van der Waals surface area (Å²) in [4.78, 5) is 15.0. The standard InChI is InChI=1S/C22H22ClN3O4/c23-16-3-5-17(6-4-16)26-19(20-2-1-11-28-20)14-18(24-26)21(27)25-9-7-15(8-10-25)22-29-12-13-30-22/h1-6,11,14-15,22H,7-10,12-13H2. The van der Waals surface area contributed by atoms with E-state index in [1.807, 2.05) is 29.2 Å². The molecule has 1 aromatic carbocycles. The van der Waals surface area contributed by atoms with Crippen molar-refractivity contribution in [3.8, 4) is 17.1 Å². The van der Waals surface area contributed by atoms with Crippen LogP contribution in [0.2, 0.25) is 5.02 Å². The van der Waals surface area contributed by atoms with Gasteiger partial charge in [-0.2, -0.15) is 5.10 Å². The Balaban J connectivity index is 1.38. The monoisotopic (exact) mass is 427 g/mol. The predicted molar refractivity (Wildman–Crippen MR) is 111 cm³/mol. The first-order valence-corrected chi connectivity index (χ1v) is 10.5. The highest BCUT2D eigenvalue weighted by Gasteiger charge is 2.33. The van der Waals surface area contributed by atoms with Gasteiger partial charge in [0.05, 0.1) is 25.2 Å². The molecule has 0 atom stereocenters. The van der Waals surface area contributed by atoms with Crippen molar-refractivity contribution in [2.75, 3.05) is 26.3 Å². The minimum absolute atomic E-state index is 0.0813. The lowest BCUT2D eigenvalue weighted by Crippen LogP contribution is -2.41. The van der Waals surface area contributed by atoms with E-state index in [0.717, 1.165) is 18.5 Å². The SMILES string of the molecule is O=C(c1cc(-c2ccco2)n(-c2ccc(Cl)cc2)n1)N1CCC(C2OCCO2)CC1. The number of aromatic nitrogens is 2. The highest BCUT2D eigenvalue weighted by Crippen LogP contribution is 2.29. The number of piperidine rings is 1. The number of hydrogen-bond donors (Lipinski definition) is 0. The summed E-state index contributed by atoms with van der Waals surface area (Å²) >= 11 is 6.03. The lowest BCUT2D eigenvalue weighted by molar-refractivity contribution is -0.0956. The minimum Gasteiger partial charge on any atom is -0.463 e. The summed E-state index contributed by atoms with van der Waals surface area (Å²) in [6.45, 7) is 2.64. The van der Waals surface area contributed by atoms with Gasteiger partial charge in [-0.25, -0.2) is 4.68 Å². The number of likely N-dealkylation sites (tertiary alicyclic amines) is 1. The van der Waals surface area contributed by atoms with Gasteiger partial charge in [0, 0.05) is 30.1 Å². The van der Waals surface area contributed by atoms with Gasteiger partial charge in [-0.15, -0.1) is 0 Å². The van der Waals surface area contributed by atoms with E-state index in [4.69, 9.17) is 25.5 Å². The number of carbonyl (C=O) groups excluding carboxylic acids is 1. The van der Waals surface area contributed by atoms with E-state index in [-0.39, 0.29) is 12.2 Å². The van der Waals surface area contributed by atoms with E-state index in [9.17, 15) is 4.79 Å². The summed E-state index contributed by atoms with van der Waals surface area (Å²) in [7, 11) is 0. The van der Waals surface area contributed by atoms with Gasteiger partial charge in [0.2, 0.25) is 0 Å². The average molecular weight is 428 g/mol. The molecule has 4 heterocycles. The van der Waals surface area contributed by atoms with Crippen molar-refractivity contribution in [2.45, 2.75) is 19.1 Å². The Morgan fingerprint density at radius 2 is 1.80 bits per heavy atom. The molecule has 2 aliphatic heterocycles. The topological polar surface area (TPSA) is 69.7 Å². The Labute approximate surface area is 179 Å². The molecular formula is C22H22ClN3O4. The molecule has 2 saturated heterocycles. The van der Waals surface area contributed by atoms with Gasteiger partial charge in [-0.1, -0.05) is 11.6 Å². The van der Waals surface area contributed by atoms with E-state index >= 15 is 0 Å². The fourth-order valence-corrected chi connectivity index (χ4v) is 4.18. The van der Waals surface area contributed by atoms with Gasteiger partial charge in [0.25, 0.3) is 5.91 Å². The average Bonchev–Trinajstić information content (AvgIpc) is 3.55. The number of ether oxygens (including phenoxy) is 2. The Hall–Kier alpha value is -2.61. The van der Waals surface area contributed by atoms with E-state index in [0.29, 0.717) is 54.4 Å². The molecule has 0 saturated carbocycles. The third-order valence-electron chi connectivity index (χ3n) is 5.63. The van der Waals surface area contributed by atoms with Gasteiger partial charge in [0.15, 0.2) is 17.7 Å². The molecule has 5 rings (SSSR count).